The van der Waals surface area contributed by atoms with Gasteiger partial charge < -0.3 is 11.1 Å². The van der Waals surface area contributed by atoms with Crippen molar-refractivity contribution in [1.29, 1.82) is 0 Å². The summed E-state index contributed by atoms with van der Waals surface area (Å²) in [6, 6.07) is 5.82. The molecule has 0 aliphatic rings. The molecule has 88 valence electrons. The summed E-state index contributed by atoms with van der Waals surface area (Å²) >= 11 is 0. The topological polar surface area (TPSA) is 63.8 Å². The molecular formula is C12H13FN4. The van der Waals surface area contributed by atoms with Gasteiger partial charge >= 0.3 is 0 Å². The van der Waals surface area contributed by atoms with Gasteiger partial charge in [0, 0.05) is 5.69 Å². The van der Waals surface area contributed by atoms with Crippen LogP contribution in [0.3, 0.4) is 0 Å². The van der Waals surface area contributed by atoms with Crippen molar-refractivity contribution in [3.8, 4) is 0 Å². The van der Waals surface area contributed by atoms with Gasteiger partial charge in [-0.2, -0.15) is 4.98 Å². The zero-order valence-corrected chi connectivity index (χ0v) is 9.66. The molecule has 5 heteroatoms. The summed E-state index contributed by atoms with van der Waals surface area (Å²) in [7, 11) is 0. The molecule has 0 saturated carbocycles. The first-order valence-corrected chi connectivity index (χ1v) is 5.18. The average Bonchev–Trinajstić information content (AvgIpc) is 2.27. The second kappa shape index (κ2) is 4.37. The number of rotatable bonds is 2. The molecule has 0 spiro atoms. The molecule has 2 aromatic rings. The highest BCUT2D eigenvalue weighted by Crippen LogP contribution is 2.22. The molecule has 0 radical (unpaired) electrons. The second-order valence-electron chi connectivity index (χ2n) is 3.87. The fraction of sp³-hybridized carbons (Fsp3) is 0.167. The summed E-state index contributed by atoms with van der Waals surface area (Å²) in [4.78, 5) is 7.38. The van der Waals surface area contributed by atoms with E-state index in [1.165, 1.54) is 0 Å². The molecule has 0 aliphatic carbocycles. The van der Waals surface area contributed by atoms with E-state index in [1.54, 1.807) is 0 Å². The van der Waals surface area contributed by atoms with Crippen LogP contribution in [0.15, 0.2) is 24.4 Å². The fourth-order valence-corrected chi connectivity index (χ4v) is 1.55. The van der Waals surface area contributed by atoms with Crippen LogP contribution in [0.2, 0.25) is 0 Å². The maximum Gasteiger partial charge on any atom is 0.222 e. The number of halogens is 1. The van der Waals surface area contributed by atoms with Gasteiger partial charge in [0.1, 0.15) is 0 Å². The second-order valence-corrected chi connectivity index (χ2v) is 3.87. The van der Waals surface area contributed by atoms with E-state index >= 15 is 0 Å². The average molecular weight is 232 g/mol. The number of aromatic nitrogens is 2. The first-order valence-electron chi connectivity index (χ1n) is 5.18. The van der Waals surface area contributed by atoms with Crippen molar-refractivity contribution in [3.05, 3.63) is 41.3 Å². The molecule has 2 rings (SSSR count). The van der Waals surface area contributed by atoms with Crippen LogP contribution in [-0.2, 0) is 0 Å². The summed E-state index contributed by atoms with van der Waals surface area (Å²) in [6.07, 6.45) is 1.05. The van der Waals surface area contributed by atoms with Crippen molar-refractivity contribution in [2.75, 3.05) is 11.1 Å². The lowest BCUT2D eigenvalue weighted by atomic mass is 10.1. The van der Waals surface area contributed by atoms with E-state index in [0.29, 0.717) is 0 Å². The Labute approximate surface area is 98.7 Å². The highest BCUT2D eigenvalue weighted by Gasteiger charge is 2.07. The Morgan fingerprint density at radius 3 is 2.76 bits per heavy atom. The minimum absolute atomic E-state index is 0.0404. The monoisotopic (exact) mass is 232 g/mol. The lowest BCUT2D eigenvalue weighted by Gasteiger charge is -2.10. The van der Waals surface area contributed by atoms with Crippen molar-refractivity contribution in [1.82, 2.24) is 9.97 Å². The molecule has 0 aliphatic heterocycles. The number of nitrogens with one attached hydrogen (secondary N) is 1. The van der Waals surface area contributed by atoms with Gasteiger partial charge in [0.15, 0.2) is 11.6 Å². The van der Waals surface area contributed by atoms with Gasteiger partial charge in [0.05, 0.1) is 6.20 Å². The number of benzene rings is 1. The Morgan fingerprint density at radius 2 is 2.06 bits per heavy atom. The largest absolute Gasteiger partial charge is 0.368 e. The minimum atomic E-state index is -0.529. The van der Waals surface area contributed by atoms with Gasteiger partial charge in [-0.05, 0) is 25.5 Å². The SMILES string of the molecule is Cc1ccc(Nc2nc(N)ncc2F)c(C)c1. The Bertz CT molecular complexity index is 554. The number of anilines is 3. The van der Waals surface area contributed by atoms with Crippen molar-refractivity contribution < 1.29 is 4.39 Å². The normalized spacial score (nSPS) is 10.3. The lowest BCUT2D eigenvalue weighted by Crippen LogP contribution is -2.03. The molecular weight excluding hydrogens is 219 g/mol. The van der Waals surface area contributed by atoms with Crippen molar-refractivity contribution in [2.24, 2.45) is 0 Å². The molecule has 0 bridgehead atoms. The minimum Gasteiger partial charge on any atom is -0.368 e. The molecule has 0 amide bonds. The highest BCUT2D eigenvalue weighted by molar-refractivity contribution is 5.61. The quantitative estimate of drug-likeness (QED) is 0.835. The lowest BCUT2D eigenvalue weighted by molar-refractivity contribution is 0.620. The molecule has 17 heavy (non-hydrogen) atoms. The third-order valence-corrected chi connectivity index (χ3v) is 2.40. The number of hydrogen-bond acceptors (Lipinski definition) is 4. The van der Waals surface area contributed by atoms with E-state index < -0.39 is 5.82 Å². The van der Waals surface area contributed by atoms with Crippen LogP contribution in [0.1, 0.15) is 11.1 Å². The number of hydrogen-bond donors (Lipinski definition) is 2. The van der Waals surface area contributed by atoms with Gasteiger partial charge in [0.25, 0.3) is 0 Å². The summed E-state index contributed by atoms with van der Waals surface area (Å²) < 4.78 is 13.4. The molecule has 1 heterocycles. The molecule has 1 aromatic heterocycles. The predicted octanol–water partition coefficient (Wildman–Crippen LogP) is 2.56. The molecule has 4 nitrogen and oxygen atoms in total. The van der Waals surface area contributed by atoms with Crippen LogP contribution in [0.25, 0.3) is 0 Å². The Kier molecular flexibility index (Phi) is 2.91. The summed E-state index contributed by atoms with van der Waals surface area (Å²) in [6.45, 7) is 3.94. The van der Waals surface area contributed by atoms with Crippen LogP contribution in [0.4, 0.5) is 21.8 Å². The molecule has 0 unspecified atom stereocenters. The highest BCUT2D eigenvalue weighted by atomic mass is 19.1. The zero-order chi connectivity index (χ0) is 12.4. The van der Waals surface area contributed by atoms with Crippen molar-refractivity contribution >= 4 is 17.5 Å². The summed E-state index contributed by atoms with van der Waals surface area (Å²) in [5.74, 6) is -0.401. The van der Waals surface area contributed by atoms with Gasteiger partial charge in [-0.3, -0.25) is 0 Å². The molecule has 0 saturated heterocycles. The van der Waals surface area contributed by atoms with Crippen LogP contribution in [0.5, 0.6) is 0 Å². The maximum absolute atomic E-state index is 13.4. The zero-order valence-electron chi connectivity index (χ0n) is 9.66. The van der Waals surface area contributed by atoms with Crippen LogP contribution >= 0.6 is 0 Å². The first kappa shape index (κ1) is 11.3. The van der Waals surface area contributed by atoms with Crippen LogP contribution in [-0.4, -0.2) is 9.97 Å². The van der Waals surface area contributed by atoms with E-state index in [1.807, 2.05) is 32.0 Å². The van der Waals surface area contributed by atoms with E-state index in [9.17, 15) is 4.39 Å². The summed E-state index contributed by atoms with van der Waals surface area (Å²) in [5, 5.41) is 2.90. The molecule has 0 fully saturated rings. The molecule has 3 N–H and O–H groups in total. The molecule has 1 aromatic carbocycles. The van der Waals surface area contributed by atoms with Gasteiger partial charge in [-0.25, -0.2) is 9.37 Å². The van der Waals surface area contributed by atoms with Gasteiger partial charge in [-0.15, -0.1) is 0 Å². The molecule has 0 atom stereocenters. The van der Waals surface area contributed by atoms with Crippen LogP contribution < -0.4 is 11.1 Å². The first-order chi connectivity index (χ1) is 8.06. The van der Waals surface area contributed by atoms with E-state index in [-0.39, 0.29) is 11.8 Å². The van der Waals surface area contributed by atoms with Gasteiger partial charge in [-0.1, -0.05) is 17.7 Å². The van der Waals surface area contributed by atoms with Gasteiger partial charge in [0.2, 0.25) is 5.95 Å². The summed E-state index contributed by atoms with van der Waals surface area (Å²) in [5.41, 5.74) is 8.38. The van der Waals surface area contributed by atoms with Crippen molar-refractivity contribution in [2.45, 2.75) is 13.8 Å². The van der Waals surface area contributed by atoms with E-state index in [4.69, 9.17) is 5.73 Å². The number of nitrogens with zero attached hydrogens (tertiary/aromatic N) is 2. The maximum atomic E-state index is 13.4. The number of nitrogen functional groups attached to an aromatic ring is 1. The Morgan fingerprint density at radius 1 is 1.29 bits per heavy atom. The third kappa shape index (κ3) is 2.50. The predicted molar refractivity (Wildman–Crippen MR) is 65.6 cm³/mol. The Balaban J connectivity index is 2.34. The van der Waals surface area contributed by atoms with E-state index in [0.717, 1.165) is 23.0 Å². The standard InChI is InChI=1S/C12H13FN4/c1-7-3-4-10(8(2)5-7)16-11-9(13)6-15-12(14)17-11/h3-6H,1-2H3,(H3,14,15,16,17). The number of aryl methyl sites for hydroxylation is 2. The number of nitrogens with two attached hydrogens (primary N) is 1. The third-order valence-electron chi connectivity index (χ3n) is 2.40. The fourth-order valence-electron chi connectivity index (χ4n) is 1.55. The smallest absolute Gasteiger partial charge is 0.222 e. The Hall–Kier alpha value is -2.17. The van der Waals surface area contributed by atoms with E-state index in [2.05, 4.69) is 15.3 Å². The van der Waals surface area contributed by atoms with Crippen molar-refractivity contribution in [3.63, 3.8) is 0 Å². The van der Waals surface area contributed by atoms with Crippen LogP contribution in [0, 0.1) is 19.7 Å².